The molecule has 4 aromatic rings. The minimum atomic E-state index is -1.92. The van der Waals surface area contributed by atoms with E-state index in [0.717, 1.165) is 21.3 Å². The summed E-state index contributed by atoms with van der Waals surface area (Å²) in [5, 5.41) is 43.7. The van der Waals surface area contributed by atoms with Crippen molar-refractivity contribution in [2.45, 2.75) is 42.6 Å². The van der Waals surface area contributed by atoms with Crippen LogP contribution in [0, 0.1) is 17.5 Å². The monoisotopic (exact) mass is 638 g/mol. The van der Waals surface area contributed by atoms with Crippen LogP contribution in [0.1, 0.15) is 22.8 Å². The molecule has 1 spiro atoms. The van der Waals surface area contributed by atoms with Gasteiger partial charge in [-0.15, -0.1) is 5.10 Å². The van der Waals surface area contributed by atoms with Gasteiger partial charge in [0.05, 0.1) is 31.0 Å². The second kappa shape index (κ2) is 10.5. The number of amides is 1. The quantitative estimate of drug-likeness (QED) is 0.242. The fourth-order valence-electron chi connectivity index (χ4n) is 5.36. The second-order valence-electron chi connectivity index (χ2n) is 9.78. The first-order valence-corrected chi connectivity index (χ1v) is 13.3. The van der Waals surface area contributed by atoms with Crippen molar-refractivity contribution in [3.05, 3.63) is 70.3 Å². The molecule has 6 rings (SSSR count). The number of carbonyl (C=O) groups excluding carboxylic acids is 1. The third-order valence-corrected chi connectivity index (χ3v) is 7.88. The molecule has 2 aromatic carbocycles. The number of ether oxygens (including phenoxy) is 2. The lowest BCUT2D eigenvalue weighted by molar-refractivity contribution is -0.344. The maximum absolute atomic E-state index is 13.8. The number of aromatic nitrogens is 3. The lowest BCUT2D eigenvalue weighted by Gasteiger charge is -2.49. The number of aliphatic hydroxyl groups excluding tert-OH is 3. The van der Waals surface area contributed by atoms with Gasteiger partial charge < -0.3 is 34.5 Å². The highest BCUT2D eigenvalue weighted by molar-refractivity contribution is 9.10. The summed E-state index contributed by atoms with van der Waals surface area (Å²) in [6.45, 7) is -0.635. The van der Waals surface area contributed by atoms with Gasteiger partial charge in [0.1, 0.15) is 41.9 Å². The van der Waals surface area contributed by atoms with Crippen LogP contribution in [-0.4, -0.2) is 79.6 Å². The Labute approximate surface area is 237 Å². The maximum Gasteiger partial charge on any atom is 0.255 e. The maximum atomic E-state index is 13.8. The van der Waals surface area contributed by atoms with Crippen molar-refractivity contribution in [3.63, 3.8) is 0 Å². The average molecular weight is 639 g/mol. The molecule has 0 saturated carbocycles. The van der Waals surface area contributed by atoms with Crippen LogP contribution in [0.15, 0.2) is 51.7 Å². The van der Waals surface area contributed by atoms with Crippen molar-refractivity contribution in [1.82, 2.24) is 20.3 Å². The van der Waals surface area contributed by atoms with Crippen LogP contribution in [0.25, 0.3) is 22.2 Å². The highest BCUT2D eigenvalue weighted by Gasteiger charge is 2.62. The van der Waals surface area contributed by atoms with Crippen LogP contribution in [0.3, 0.4) is 0 Å². The number of nitrogens with zero attached hydrogens (tertiary/aromatic N) is 3. The van der Waals surface area contributed by atoms with Gasteiger partial charge in [0.2, 0.25) is 5.79 Å². The number of nitrogens with one attached hydrogen (secondary N) is 1. The fourth-order valence-corrected chi connectivity index (χ4v) is 5.72. The van der Waals surface area contributed by atoms with Gasteiger partial charge in [0.15, 0.2) is 17.5 Å². The van der Waals surface area contributed by atoms with E-state index >= 15 is 0 Å². The number of hydrogen-bond donors (Lipinski definition) is 4. The van der Waals surface area contributed by atoms with Crippen LogP contribution in [0.5, 0.6) is 0 Å². The first kappa shape index (κ1) is 27.8. The topological polar surface area (TPSA) is 152 Å². The number of carbonyl (C=O) groups is 1. The van der Waals surface area contributed by atoms with E-state index in [1.807, 2.05) is 0 Å². The zero-order valence-electron chi connectivity index (χ0n) is 20.9. The Hall–Kier alpha value is -3.34. The standard InChI is InChI=1S/C26H22BrF3N4O7/c27-12-1-2-18-13(7-12)14(10-39-18)25(38)31-20-3-4-40-26(20)24(37)22(23(36)19(9-35)41-26)34-8-17(32-33-34)11-5-15(28)21(30)16(29)6-11/h1-2,5-8,10,19-20,22-24,35-37H,3-4,9H2,(H,31,38)/t19-,20-,22+,23+,24-,26+/m1/s1. The molecular weight excluding hydrogens is 617 g/mol. The van der Waals surface area contributed by atoms with E-state index in [2.05, 4.69) is 31.6 Å². The molecule has 4 N–H and O–H groups in total. The summed E-state index contributed by atoms with van der Waals surface area (Å²) in [6, 6.07) is 4.34. The molecule has 2 aromatic heterocycles. The molecule has 11 nitrogen and oxygen atoms in total. The Bertz CT molecular complexity index is 1610. The fraction of sp³-hybridized carbons (Fsp3) is 0.346. The molecule has 41 heavy (non-hydrogen) atoms. The number of hydrogen-bond acceptors (Lipinski definition) is 9. The molecule has 15 heteroatoms. The van der Waals surface area contributed by atoms with Crippen molar-refractivity contribution in [1.29, 1.82) is 0 Å². The highest BCUT2D eigenvalue weighted by Crippen LogP contribution is 2.43. The molecule has 2 fully saturated rings. The summed E-state index contributed by atoms with van der Waals surface area (Å²) >= 11 is 3.37. The predicted molar refractivity (Wildman–Crippen MR) is 137 cm³/mol. The van der Waals surface area contributed by atoms with Gasteiger partial charge in [-0.2, -0.15) is 0 Å². The van der Waals surface area contributed by atoms with Crippen LogP contribution < -0.4 is 5.32 Å². The minimum Gasteiger partial charge on any atom is -0.463 e. The van der Waals surface area contributed by atoms with Gasteiger partial charge in [-0.3, -0.25) is 4.79 Å². The molecule has 0 bridgehead atoms. The Balaban J connectivity index is 1.32. The van der Waals surface area contributed by atoms with Crippen molar-refractivity contribution in [2.75, 3.05) is 13.2 Å². The van der Waals surface area contributed by atoms with Crippen molar-refractivity contribution < 1.29 is 47.2 Å². The number of halogens is 4. The van der Waals surface area contributed by atoms with Crippen molar-refractivity contribution in [2.24, 2.45) is 0 Å². The van der Waals surface area contributed by atoms with Crippen molar-refractivity contribution in [3.8, 4) is 11.3 Å². The van der Waals surface area contributed by atoms with Crippen LogP contribution in [0.2, 0.25) is 0 Å². The summed E-state index contributed by atoms with van der Waals surface area (Å²) in [4.78, 5) is 13.3. The van der Waals surface area contributed by atoms with Gasteiger partial charge in [-0.05, 0) is 36.8 Å². The number of furan rings is 1. The number of aliphatic hydroxyl groups is 3. The first-order chi connectivity index (χ1) is 19.6. The van der Waals surface area contributed by atoms with E-state index in [9.17, 15) is 33.3 Å². The number of fused-ring (bicyclic) bond motifs is 1. The number of benzene rings is 2. The Morgan fingerprint density at radius 3 is 2.68 bits per heavy atom. The molecule has 6 atom stereocenters. The van der Waals surface area contributed by atoms with Gasteiger partial charge >= 0.3 is 0 Å². The SMILES string of the molecule is O=C(N[C@@H]1CCO[C@]12O[C@H](CO)[C@H](O)[C@H](n1cc(-c3cc(F)c(F)c(F)c3)nn1)[C@H]2O)c1coc2ccc(Br)cc12. The van der Waals surface area contributed by atoms with Gasteiger partial charge in [0, 0.05) is 15.4 Å². The summed E-state index contributed by atoms with van der Waals surface area (Å²) in [5.41, 5.74) is 0.483. The number of rotatable bonds is 5. The van der Waals surface area contributed by atoms with Gasteiger partial charge in [0.25, 0.3) is 5.91 Å². The molecule has 0 radical (unpaired) electrons. The largest absolute Gasteiger partial charge is 0.463 e. The lowest BCUT2D eigenvalue weighted by Crippen LogP contribution is -2.69. The van der Waals surface area contributed by atoms with Gasteiger partial charge in [-0.1, -0.05) is 21.1 Å². The van der Waals surface area contributed by atoms with Crippen LogP contribution >= 0.6 is 15.9 Å². The highest BCUT2D eigenvalue weighted by atomic mass is 79.9. The molecule has 0 aliphatic carbocycles. The third-order valence-electron chi connectivity index (χ3n) is 7.38. The van der Waals surface area contributed by atoms with E-state index in [4.69, 9.17) is 13.9 Å². The van der Waals surface area contributed by atoms with E-state index in [0.29, 0.717) is 11.0 Å². The van der Waals surface area contributed by atoms with Crippen molar-refractivity contribution >= 4 is 32.8 Å². The lowest BCUT2D eigenvalue weighted by atomic mass is 9.86. The molecule has 2 aliphatic rings. The molecule has 2 aliphatic heterocycles. The molecule has 216 valence electrons. The first-order valence-electron chi connectivity index (χ1n) is 12.5. The smallest absolute Gasteiger partial charge is 0.255 e. The summed E-state index contributed by atoms with van der Waals surface area (Å²) < 4.78 is 60.1. The Kier molecular flexibility index (Phi) is 7.12. The van der Waals surface area contributed by atoms with E-state index in [1.165, 1.54) is 12.5 Å². The van der Waals surface area contributed by atoms with E-state index in [-0.39, 0.29) is 29.8 Å². The Morgan fingerprint density at radius 1 is 1.20 bits per heavy atom. The summed E-state index contributed by atoms with van der Waals surface area (Å²) in [7, 11) is 0. The molecule has 1 amide bonds. The zero-order chi connectivity index (χ0) is 29.1. The molecular formula is C26H22BrF3N4O7. The summed E-state index contributed by atoms with van der Waals surface area (Å²) in [5.74, 6) is -6.98. The average Bonchev–Trinajstić information content (AvgIpc) is 3.69. The Morgan fingerprint density at radius 2 is 1.95 bits per heavy atom. The predicted octanol–water partition coefficient (Wildman–Crippen LogP) is 2.44. The summed E-state index contributed by atoms with van der Waals surface area (Å²) in [6.07, 6.45) is -1.82. The van der Waals surface area contributed by atoms with E-state index in [1.54, 1.807) is 18.2 Å². The normalized spacial score (nSPS) is 28.0. The minimum absolute atomic E-state index is 0.0530. The van der Waals surface area contributed by atoms with Crippen LogP contribution in [-0.2, 0) is 9.47 Å². The van der Waals surface area contributed by atoms with E-state index < -0.39 is 66.1 Å². The third kappa shape index (κ3) is 4.62. The molecule has 0 unspecified atom stereocenters. The van der Waals surface area contributed by atoms with Crippen LogP contribution in [0.4, 0.5) is 13.2 Å². The second-order valence-corrected chi connectivity index (χ2v) is 10.7. The molecule has 4 heterocycles. The molecule has 2 saturated heterocycles. The zero-order valence-corrected chi connectivity index (χ0v) is 22.5. The van der Waals surface area contributed by atoms with Gasteiger partial charge in [-0.25, -0.2) is 17.9 Å².